The molecule has 1 aliphatic carbocycles. The lowest BCUT2D eigenvalue weighted by Gasteiger charge is -2.26. The number of allylic oxidation sites excluding steroid dienone is 1. The van der Waals surface area contributed by atoms with Crippen LogP contribution in [0.4, 0.5) is 0 Å². The van der Waals surface area contributed by atoms with Crippen LogP contribution >= 0.6 is 0 Å². The first kappa shape index (κ1) is 20.8. The molecule has 0 N–H and O–H groups in total. The van der Waals surface area contributed by atoms with Crippen molar-refractivity contribution < 1.29 is 19.1 Å². The van der Waals surface area contributed by atoms with Gasteiger partial charge in [0.25, 0.3) is 0 Å². The Labute approximate surface area is 191 Å². The first-order valence-electron chi connectivity index (χ1n) is 10.7. The summed E-state index contributed by atoms with van der Waals surface area (Å²) >= 11 is 0. The highest BCUT2D eigenvalue weighted by Gasteiger charge is 2.42. The smallest absolute Gasteiger partial charge is 0.180 e. The number of hydrogen-bond acceptors (Lipinski definition) is 6. The minimum atomic E-state index is -0.955. The largest absolute Gasteiger partial charge is 0.493 e. The monoisotopic (exact) mass is 438 g/mol. The summed E-state index contributed by atoms with van der Waals surface area (Å²) in [5.74, 6) is -0.385. The topological polar surface area (TPSA) is 77.3 Å². The van der Waals surface area contributed by atoms with E-state index in [1.54, 1.807) is 38.5 Å². The van der Waals surface area contributed by atoms with Crippen molar-refractivity contribution in [3.05, 3.63) is 107 Å². The number of rotatable bonds is 5. The van der Waals surface area contributed by atoms with Crippen LogP contribution in [0.2, 0.25) is 0 Å². The van der Waals surface area contributed by atoms with E-state index in [1.807, 2.05) is 54.6 Å². The Bertz CT molecular complexity index is 1260. The van der Waals surface area contributed by atoms with E-state index < -0.39 is 5.92 Å². The highest BCUT2D eigenvalue weighted by atomic mass is 16.5. The van der Waals surface area contributed by atoms with Gasteiger partial charge in [-0.1, -0.05) is 60.7 Å². The van der Waals surface area contributed by atoms with Gasteiger partial charge in [-0.3, -0.25) is 9.59 Å². The molecule has 0 saturated heterocycles. The molecule has 33 heavy (non-hydrogen) atoms. The molecule has 0 bridgehead atoms. The lowest BCUT2D eigenvalue weighted by Crippen LogP contribution is -2.21. The van der Waals surface area contributed by atoms with Crippen molar-refractivity contribution in [1.82, 2.24) is 0 Å². The quantitative estimate of drug-likeness (QED) is 0.488. The molecule has 1 aliphatic heterocycles. The van der Waals surface area contributed by atoms with Crippen LogP contribution in [0.1, 0.15) is 43.8 Å². The summed E-state index contributed by atoms with van der Waals surface area (Å²) in [5.41, 5.74) is 3.20. The molecule has 0 saturated carbocycles. The number of nitrogens with zero attached hydrogens (tertiary/aromatic N) is 2. The van der Waals surface area contributed by atoms with Crippen molar-refractivity contribution in [1.29, 1.82) is 0 Å². The third-order valence-electron chi connectivity index (χ3n) is 6.20. The molecule has 0 aromatic heterocycles. The van der Waals surface area contributed by atoms with Gasteiger partial charge < -0.3 is 9.47 Å². The molecule has 0 spiro atoms. The first-order chi connectivity index (χ1) is 16.1. The minimum absolute atomic E-state index is 0.207. The number of ether oxygens (including phenoxy) is 2. The van der Waals surface area contributed by atoms with Gasteiger partial charge in [0.05, 0.1) is 19.9 Å². The Morgan fingerprint density at radius 2 is 1.36 bits per heavy atom. The molecular formula is C27H22N2O4. The second-order valence-corrected chi connectivity index (χ2v) is 8.01. The normalized spacial score (nSPS) is 19.9. The zero-order valence-electron chi connectivity index (χ0n) is 18.3. The number of ketones is 2. The van der Waals surface area contributed by atoms with Crippen LogP contribution < -0.4 is 9.47 Å². The molecular weight excluding hydrogens is 416 g/mol. The van der Waals surface area contributed by atoms with Gasteiger partial charge in [-0.2, -0.15) is 10.2 Å². The van der Waals surface area contributed by atoms with Crippen LogP contribution in [-0.2, 0) is 0 Å². The van der Waals surface area contributed by atoms with Gasteiger partial charge in [0.2, 0.25) is 0 Å². The second kappa shape index (κ2) is 8.47. The SMILES string of the molecule is COc1ccc(C2N=NC(C3C(=O)c4ccccc4C3=O)=CC2c2ccccc2)cc1OC. The molecule has 2 aliphatic rings. The van der Waals surface area contributed by atoms with Crippen LogP contribution in [0.3, 0.4) is 0 Å². The number of carbonyl (C=O) groups is 2. The number of Topliss-reactive ketones (excluding diaryl/α,β-unsaturated/α-hetero) is 2. The van der Waals surface area contributed by atoms with E-state index in [0.29, 0.717) is 28.3 Å². The number of carbonyl (C=O) groups excluding carboxylic acids is 2. The highest BCUT2D eigenvalue weighted by Crippen LogP contribution is 2.44. The molecule has 3 aromatic rings. The fraction of sp³-hybridized carbons (Fsp3) is 0.185. The van der Waals surface area contributed by atoms with E-state index in [-0.39, 0.29) is 23.5 Å². The number of methoxy groups -OCH3 is 2. The number of fused-ring (bicyclic) bond motifs is 1. The van der Waals surface area contributed by atoms with E-state index >= 15 is 0 Å². The molecule has 2 atom stereocenters. The predicted octanol–water partition coefficient (Wildman–Crippen LogP) is 5.57. The van der Waals surface area contributed by atoms with Gasteiger partial charge in [0.15, 0.2) is 23.1 Å². The molecule has 5 rings (SSSR count). The van der Waals surface area contributed by atoms with Gasteiger partial charge in [-0.15, -0.1) is 0 Å². The Hall–Kier alpha value is -4.06. The molecule has 0 radical (unpaired) electrons. The van der Waals surface area contributed by atoms with Crippen molar-refractivity contribution >= 4 is 11.6 Å². The van der Waals surface area contributed by atoms with Crippen molar-refractivity contribution in [3.8, 4) is 11.5 Å². The third-order valence-corrected chi connectivity index (χ3v) is 6.20. The number of azo groups is 1. The fourth-order valence-electron chi connectivity index (χ4n) is 4.54. The van der Waals surface area contributed by atoms with Gasteiger partial charge >= 0.3 is 0 Å². The van der Waals surface area contributed by atoms with Crippen molar-refractivity contribution in [2.24, 2.45) is 16.1 Å². The zero-order chi connectivity index (χ0) is 22.9. The highest BCUT2D eigenvalue weighted by molar-refractivity contribution is 6.28. The van der Waals surface area contributed by atoms with Crippen molar-refractivity contribution in [3.63, 3.8) is 0 Å². The summed E-state index contributed by atoms with van der Waals surface area (Å²) in [4.78, 5) is 26.1. The van der Waals surface area contributed by atoms with Gasteiger partial charge in [0, 0.05) is 17.0 Å². The Balaban J connectivity index is 1.57. The molecule has 0 fully saturated rings. The summed E-state index contributed by atoms with van der Waals surface area (Å²) in [6, 6.07) is 22.1. The third kappa shape index (κ3) is 3.53. The summed E-state index contributed by atoms with van der Waals surface area (Å²) in [6.45, 7) is 0. The maximum absolute atomic E-state index is 13.1. The maximum Gasteiger partial charge on any atom is 0.180 e. The molecule has 6 nitrogen and oxygen atoms in total. The van der Waals surface area contributed by atoms with E-state index in [1.165, 1.54) is 0 Å². The standard InChI is InChI=1S/C27H22N2O4/c1-32-22-13-12-17(14-23(22)33-2)25-20(16-8-4-3-5-9-16)15-21(28-29-25)24-26(30)18-10-6-7-11-19(18)27(24)31/h3-15,20,24-25H,1-2H3. The summed E-state index contributed by atoms with van der Waals surface area (Å²) in [7, 11) is 3.18. The molecule has 6 heteroatoms. The Morgan fingerprint density at radius 1 is 0.727 bits per heavy atom. The zero-order valence-corrected chi connectivity index (χ0v) is 18.3. The maximum atomic E-state index is 13.1. The van der Waals surface area contributed by atoms with Gasteiger partial charge in [-0.25, -0.2) is 0 Å². The van der Waals surface area contributed by atoms with E-state index in [4.69, 9.17) is 9.47 Å². The van der Waals surface area contributed by atoms with Crippen LogP contribution in [-0.4, -0.2) is 25.8 Å². The molecule has 164 valence electrons. The summed E-state index contributed by atoms with van der Waals surface area (Å²) in [5, 5.41) is 9.00. The molecule has 1 heterocycles. The predicted molar refractivity (Wildman–Crippen MR) is 123 cm³/mol. The van der Waals surface area contributed by atoms with Crippen LogP contribution in [0, 0.1) is 5.92 Å². The van der Waals surface area contributed by atoms with Crippen molar-refractivity contribution in [2.75, 3.05) is 14.2 Å². The average molecular weight is 438 g/mol. The number of benzene rings is 3. The first-order valence-corrected chi connectivity index (χ1v) is 10.7. The number of hydrogen-bond donors (Lipinski definition) is 0. The summed E-state index contributed by atoms with van der Waals surface area (Å²) < 4.78 is 10.8. The second-order valence-electron chi connectivity index (χ2n) is 8.01. The Morgan fingerprint density at radius 3 is 2.00 bits per heavy atom. The lowest BCUT2D eigenvalue weighted by molar-refractivity contribution is 0.0861. The molecule has 0 amide bonds. The fourth-order valence-corrected chi connectivity index (χ4v) is 4.54. The van der Waals surface area contributed by atoms with Gasteiger partial charge in [0.1, 0.15) is 12.0 Å². The molecule has 2 unspecified atom stereocenters. The van der Waals surface area contributed by atoms with Crippen LogP contribution in [0.15, 0.2) is 94.8 Å². The Kier molecular flexibility index (Phi) is 5.34. The van der Waals surface area contributed by atoms with Crippen LogP contribution in [0.5, 0.6) is 11.5 Å². The van der Waals surface area contributed by atoms with Gasteiger partial charge in [-0.05, 0) is 29.3 Å². The van der Waals surface area contributed by atoms with E-state index in [9.17, 15) is 9.59 Å². The summed E-state index contributed by atoms with van der Waals surface area (Å²) in [6.07, 6.45) is 1.91. The molecule has 3 aromatic carbocycles. The van der Waals surface area contributed by atoms with Crippen LogP contribution in [0.25, 0.3) is 0 Å². The minimum Gasteiger partial charge on any atom is -0.493 e. The lowest BCUT2D eigenvalue weighted by atomic mass is 9.84. The van der Waals surface area contributed by atoms with Crippen molar-refractivity contribution in [2.45, 2.75) is 12.0 Å². The average Bonchev–Trinajstić information content (AvgIpc) is 3.13. The van der Waals surface area contributed by atoms with E-state index in [0.717, 1.165) is 11.1 Å². The van der Waals surface area contributed by atoms with E-state index in [2.05, 4.69) is 10.2 Å².